The molecule has 0 aliphatic carbocycles. The Hall–Kier alpha value is -0.980. The van der Waals surface area contributed by atoms with Crippen molar-refractivity contribution < 1.29 is 0 Å². The van der Waals surface area contributed by atoms with Crippen molar-refractivity contribution in [2.75, 3.05) is 4.90 Å². The van der Waals surface area contributed by atoms with Gasteiger partial charge in [0.25, 0.3) is 0 Å². The van der Waals surface area contributed by atoms with Crippen LogP contribution in [0.1, 0.15) is 26.7 Å². The van der Waals surface area contributed by atoms with E-state index in [9.17, 15) is 0 Å². The monoisotopic (exact) mass is 175 g/mol. The summed E-state index contributed by atoms with van der Waals surface area (Å²) in [7, 11) is 0. The molecule has 0 N–H and O–H groups in total. The number of para-hydroxylation sites is 1. The van der Waals surface area contributed by atoms with Gasteiger partial charge in [-0.05, 0) is 38.8 Å². The molecule has 0 spiro atoms. The fourth-order valence-electron chi connectivity index (χ4n) is 2.30. The number of rotatable bonds is 1. The smallest absolute Gasteiger partial charge is 0.0371 e. The summed E-state index contributed by atoms with van der Waals surface area (Å²) in [5.41, 5.74) is 1.38. The van der Waals surface area contributed by atoms with E-state index in [2.05, 4.69) is 49.1 Å². The first-order valence-corrected chi connectivity index (χ1v) is 5.12. The summed E-state index contributed by atoms with van der Waals surface area (Å²) >= 11 is 0. The first-order chi connectivity index (χ1) is 6.29. The quantitative estimate of drug-likeness (QED) is 0.634. The van der Waals surface area contributed by atoms with Crippen molar-refractivity contribution in [3.63, 3.8) is 0 Å². The minimum absolute atomic E-state index is 0.706. The summed E-state index contributed by atoms with van der Waals surface area (Å²) in [6.07, 6.45) is 2.66. The highest BCUT2D eigenvalue weighted by molar-refractivity contribution is 5.48. The van der Waals surface area contributed by atoms with Crippen LogP contribution < -0.4 is 4.90 Å². The number of anilines is 1. The molecule has 70 valence electrons. The number of hydrogen-bond acceptors (Lipinski definition) is 1. The molecule has 2 rings (SSSR count). The molecular weight excluding hydrogens is 158 g/mol. The van der Waals surface area contributed by atoms with Crippen molar-refractivity contribution in [3.05, 3.63) is 30.3 Å². The minimum atomic E-state index is 0.706. The highest BCUT2D eigenvalue weighted by Gasteiger charge is 2.26. The fraction of sp³-hybridized carbons (Fsp3) is 0.500. The predicted molar refractivity (Wildman–Crippen MR) is 57.1 cm³/mol. The van der Waals surface area contributed by atoms with E-state index in [-0.39, 0.29) is 0 Å². The predicted octanol–water partition coefficient (Wildman–Crippen LogP) is 3.06. The molecule has 2 atom stereocenters. The molecule has 1 fully saturated rings. The summed E-state index contributed by atoms with van der Waals surface area (Å²) in [6, 6.07) is 12.1. The van der Waals surface area contributed by atoms with Crippen molar-refractivity contribution >= 4 is 5.69 Å². The topological polar surface area (TPSA) is 3.24 Å². The van der Waals surface area contributed by atoms with E-state index in [0.29, 0.717) is 12.1 Å². The van der Waals surface area contributed by atoms with Gasteiger partial charge in [-0.3, -0.25) is 0 Å². The second-order valence-corrected chi connectivity index (χ2v) is 4.02. The maximum absolute atomic E-state index is 2.53. The highest BCUT2D eigenvalue weighted by Crippen LogP contribution is 2.29. The molecule has 1 saturated heterocycles. The van der Waals surface area contributed by atoms with Crippen LogP contribution in [-0.4, -0.2) is 12.1 Å². The van der Waals surface area contributed by atoms with Crippen LogP contribution in [0.4, 0.5) is 5.69 Å². The van der Waals surface area contributed by atoms with Crippen molar-refractivity contribution in [2.24, 2.45) is 0 Å². The summed E-state index contributed by atoms with van der Waals surface area (Å²) < 4.78 is 0. The number of benzene rings is 1. The van der Waals surface area contributed by atoms with Crippen molar-refractivity contribution in [2.45, 2.75) is 38.8 Å². The maximum Gasteiger partial charge on any atom is 0.0371 e. The Morgan fingerprint density at radius 2 is 1.54 bits per heavy atom. The van der Waals surface area contributed by atoms with Gasteiger partial charge in [-0.1, -0.05) is 18.2 Å². The first-order valence-electron chi connectivity index (χ1n) is 5.12. The third-order valence-corrected chi connectivity index (χ3v) is 3.01. The lowest BCUT2D eigenvalue weighted by atomic mass is 10.2. The standard InChI is InChI=1S/C12H17N/c1-10-8-9-11(2)13(10)12-6-4-3-5-7-12/h3-7,10-11H,8-9H2,1-2H3/t10-,11?/m0/s1. The van der Waals surface area contributed by atoms with Gasteiger partial charge in [-0.2, -0.15) is 0 Å². The van der Waals surface area contributed by atoms with E-state index in [1.807, 2.05) is 0 Å². The zero-order valence-corrected chi connectivity index (χ0v) is 8.40. The van der Waals surface area contributed by atoms with Gasteiger partial charge in [0.15, 0.2) is 0 Å². The molecule has 0 bridgehead atoms. The van der Waals surface area contributed by atoms with E-state index in [1.54, 1.807) is 0 Å². The Morgan fingerprint density at radius 3 is 2.08 bits per heavy atom. The third kappa shape index (κ3) is 1.55. The van der Waals surface area contributed by atoms with Gasteiger partial charge in [0.1, 0.15) is 0 Å². The minimum Gasteiger partial charge on any atom is -0.366 e. The summed E-state index contributed by atoms with van der Waals surface area (Å²) in [4.78, 5) is 2.53. The van der Waals surface area contributed by atoms with Gasteiger partial charge in [-0.15, -0.1) is 0 Å². The van der Waals surface area contributed by atoms with E-state index in [1.165, 1.54) is 18.5 Å². The molecule has 1 aliphatic heterocycles. The van der Waals surface area contributed by atoms with E-state index >= 15 is 0 Å². The molecular formula is C12H17N. The Kier molecular flexibility index (Phi) is 2.26. The van der Waals surface area contributed by atoms with Crippen LogP contribution in [0.3, 0.4) is 0 Å². The van der Waals surface area contributed by atoms with Crippen LogP contribution in [0.15, 0.2) is 30.3 Å². The normalized spacial score (nSPS) is 28.0. The average Bonchev–Trinajstić information content (AvgIpc) is 2.48. The van der Waals surface area contributed by atoms with Crippen LogP contribution >= 0.6 is 0 Å². The zero-order chi connectivity index (χ0) is 9.26. The summed E-state index contributed by atoms with van der Waals surface area (Å²) in [5.74, 6) is 0. The summed E-state index contributed by atoms with van der Waals surface area (Å²) in [6.45, 7) is 4.63. The van der Waals surface area contributed by atoms with Gasteiger partial charge in [0.2, 0.25) is 0 Å². The van der Waals surface area contributed by atoms with Gasteiger partial charge in [0, 0.05) is 17.8 Å². The molecule has 1 aliphatic rings. The zero-order valence-electron chi connectivity index (χ0n) is 8.40. The van der Waals surface area contributed by atoms with Crippen LogP contribution in [0.2, 0.25) is 0 Å². The molecule has 1 aromatic carbocycles. The molecule has 0 amide bonds. The lowest BCUT2D eigenvalue weighted by Gasteiger charge is -2.28. The SMILES string of the molecule is CC1CC[C@H](C)N1c1ccccc1. The summed E-state index contributed by atoms with van der Waals surface area (Å²) in [5, 5.41) is 0. The number of hydrogen-bond donors (Lipinski definition) is 0. The van der Waals surface area contributed by atoms with Crippen molar-refractivity contribution in [3.8, 4) is 0 Å². The van der Waals surface area contributed by atoms with Gasteiger partial charge in [0.05, 0.1) is 0 Å². The van der Waals surface area contributed by atoms with E-state index < -0.39 is 0 Å². The van der Waals surface area contributed by atoms with Crippen LogP contribution in [0.5, 0.6) is 0 Å². The Bertz CT molecular complexity index is 258. The molecule has 1 heterocycles. The molecule has 0 aromatic heterocycles. The van der Waals surface area contributed by atoms with Crippen molar-refractivity contribution in [1.82, 2.24) is 0 Å². The first kappa shape index (κ1) is 8.61. The molecule has 1 aromatic rings. The molecule has 1 unspecified atom stereocenters. The molecule has 0 saturated carbocycles. The second-order valence-electron chi connectivity index (χ2n) is 4.02. The van der Waals surface area contributed by atoms with Gasteiger partial charge in [-0.25, -0.2) is 0 Å². The largest absolute Gasteiger partial charge is 0.366 e. The average molecular weight is 175 g/mol. The lowest BCUT2D eigenvalue weighted by Crippen LogP contribution is -2.32. The molecule has 13 heavy (non-hydrogen) atoms. The maximum atomic E-state index is 2.53. The van der Waals surface area contributed by atoms with E-state index in [0.717, 1.165) is 0 Å². The lowest BCUT2D eigenvalue weighted by molar-refractivity contribution is 0.694. The van der Waals surface area contributed by atoms with Gasteiger partial charge >= 0.3 is 0 Å². The second kappa shape index (κ2) is 3.41. The Balaban J connectivity index is 2.25. The Labute approximate surface area is 80.4 Å². The molecule has 1 heteroatoms. The van der Waals surface area contributed by atoms with Gasteiger partial charge < -0.3 is 4.90 Å². The Morgan fingerprint density at radius 1 is 1.00 bits per heavy atom. The molecule has 1 nitrogen and oxygen atoms in total. The highest BCUT2D eigenvalue weighted by atomic mass is 15.2. The van der Waals surface area contributed by atoms with Crippen molar-refractivity contribution in [1.29, 1.82) is 0 Å². The fourth-order valence-corrected chi connectivity index (χ4v) is 2.30. The van der Waals surface area contributed by atoms with Crippen LogP contribution in [-0.2, 0) is 0 Å². The van der Waals surface area contributed by atoms with E-state index in [4.69, 9.17) is 0 Å². The van der Waals surface area contributed by atoms with Crippen LogP contribution in [0, 0.1) is 0 Å². The third-order valence-electron chi connectivity index (χ3n) is 3.01. The number of nitrogens with zero attached hydrogens (tertiary/aromatic N) is 1. The molecule has 0 radical (unpaired) electrons. The van der Waals surface area contributed by atoms with Crippen LogP contribution in [0.25, 0.3) is 0 Å².